The van der Waals surface area contributed by atoms with Gasteiger partial charge in [0.1, 0.15) is 4.88 Å². The summed E-state index contributed by atoms with van der Waals surface area (Å²) in [4.78, 5) is 23.2. The molecule has 0 atom stereocenters. The lowest BCUT2D eigenvalue weighted by atomic mass is 10.1. The van der Waals surface area contributed by atoms with Crippen molar-refractivity contribution in [2.45, 2.75) is 27.2 Å². The van der Waals surface area contributed by atoms with Gasteiger partial charge in [0, 0.05) is 44.0 Å². The van der Waals surface area contributed by atoms with Crippen molar-refractivity contribution in [1.29, 1.82) is 0 Å². The number of thiazole rings is 1. The van der Waals surface area contributed by atoms with Gasteiger partial charge >= 0.3 is 0 Å². The molecule has 3 aromatic rings. The number of aryl methyl sites for hydroxylation is 2. The largest absolute Gasteiger partial charge is 0.369 e. The van der Waals surface area contributed by atoms with E-state index in [0.29, 0.717) is 4.88 Å². The average molecular weight is 435 g/mol. The molecule has 0 bridgehead atoms. The van der Waals surface area contributed by atoms with Crippen molar-refractivity contribution in [3.63, 3.8) is 0 Å². The third kappa shape index (κ3) is 5.14. The Morgan fingerprint density at radius 1 is 1.06 bits per heavy atom. The van der Waals surface area contributed by atoms with Crippen LogP contribution in [0, 0.1) is 13.8 Å². The van der Waals surface area contributed by atoms with Crippen LogP contribution in [0.2, 0.25) is 0 Å². The standard InChI is InChI=1S/C25H30N4OS/c1-4-28-12-14-29(15-13-28)21-10-11-22(18(2)16-21)27-25(30)24-19(3)26-23(31-24)17-20-8-6-5-7-9-20/h5-11,16H,4,12-15,17H2,1-3H3,(H,27,30). The highest BCUT2D eigenvalue weighted by Gasteiger charge is 2.19. The number of carbonyl (C=O) groups excluding carboxylic acids is 1. The van der Waals surface area contributed by atoms with Crippen LogP contribution < -0.4 is 10.2 Å². The average Bonchev–Trinajstić information content (AvgIpc) is 3.16. The Hall–Kier alpha value is -2.70. The van der Waals surface area contributed by atoms with Crippen LogP contribution in [-0.2, 0) is 6.42 Å². The monoisotopic (exact) mass is 434 g/mol. The number of carbonyl (C=O) groups is 1. The van der Waals surface area contributed by atoms with Crippen LogP contribution in [0.5, 0.6) is 0 Å². The molecule has 0 aliphatic carbocycles. The Labute approximate surface area is 188 Å². The molecule has 4 rings (SSSR count). The molecule has 1 aliphatic heterocycles. The molecule has 162 valence electrons. The minimum atomic E-state index is -0.0817. The summed E-state index contributed by atoms with van der Waals surface area (Å²) in [6.07, 6.45) is 0.749. The third-order valence-corrected chi connectivity index (χ3v) is 7.04. The molecule has 1 aliphatic rings. The molecule has 0 radical (unpaired) electrons. The number of nitrogens with one attached hydrogen (secondary N) is 1. The number of hydrogen-bond donors (Lipinski definition) is 1. The van der Waals surface area contributed by atoms with Gasteiger partial charge in [0.2, 0.25) is 0 Å². The van der Waals surface area contributed by atoms with Gasteiger partial charge in [-0.05, 0) is 49.7 Å². The van der Waals surface area contributed by atoms with Crippen molar-refractivity contribution in [2.24, 2.45) is 0 Å². The molecular weight excluding hydrogens is 404 g/mol. The summed E-state index contributed by atoms with van der Waals surface area (Å²) in [5.41, 5.74) is 5.16. The summed E-state index contributed by atoms with van der Waals surface area (Å²) in [5, 5.41) is 4.06. The lowest BCUT2D eigenvalue weighted by molar-refractivity contribution is 0.102. The summed E-state index contributed by atoms with van der Waals surface area (Å²) in [6, 6.07) is 16.6. The number of nitrogens with zero attached hydrogens (tertiary/aromatic N) is 3. The van der Waals surface area contributed by atoms with Gasteiger partial charge in [0.05, 0.1) is 10.7 Å². The van der Waals surface area contributed by atoms with E-state index in [1.807, 2.05) is 31.2 Å². The predicted molar refractivity (Wildman–Crippen MR) is 130 cm³/mol. The maximum absolute atomic E-state index is 13.0. The fourth-order valence-corrected chi connectivity index (χ4v) is 4.99. The number of piperazine rings is 1. The summed E-state index contributed by atoms with van der Waals surface area (Å²) in [5.74, 6) is -0.0817. The summed E-state index contributed by atoms with van der Waals surface area (Å²) in [6.45, 7) is 11.6. The number of aromatic nitrogens is 1. The normalized spacial score (nSPS) is 14.6. The molecule has 1 amide bonds. The second kappa shape index (κ2) is 9.62. The van der Waals surface area contributed by atoms with Gasteiger partial charge < -0.3 is 15.1 Å². The van der Waals surface area contributed by atoms with E-state index in [4.69, 9.17) is 0 Å². The van der Waals surface area contributed by atoms with Gasteiger partial charge in [0.15, 0.2) is 0 Å². The molecule has 1 N–H and O–H groups in total. The van der Waals surface area contributed by atoms with Gasteiger partial charge in [-0.1, -0.05) is 37.3 Å². The third-order valence-electron chi connectivity index (χ3n) is 5.89. The molecule has 0 unspecified atom stereocenters. The highest BCUT2D eigenvalue weighted by molar-refractivity contribution is 7.14. The smallest absolute Gasteiger partial charge is 0.267 e. The zero-order valence-electron chi connectivity index (χ0n) is 18.5. The van der Waals surface area contributed by atoms with Crippen LogP contribution in [0.25, 0.3) is 0 Å². The van der Waals surface area contributed by atoms with Crippen LogP contribution in [0.15, 0.2) is 48.5 Å². The van der Waals surface area contributed by atoms with Crippen LogP contribution in [0.3, 0.4) is 0 Å². The molecule has 2 aromatic carbocycles. The van der Waals surface area contributed by atoms with Gasteiger partial charge in [-0.3, -0.25) is 4.79 Å². The van der Waals surface area contributed by atoms with Crippen molar-refractivity contribution in [2.75, 3.05) is 42.9 Å². The fraction of sp³-hybridized carbons (Fsp3) is 0.360. The molecule has 1 saturated heterocycles. The van der Waals surface area contributed by atoms with E-state index in [0.717, 1.165) is 61.1 Å². The van der Waals surface area contributed by atoms with Crippen molar-refractivity contribution >= 4 is 28.6 Å². The molecule has 0 saturated carbocycles. The highest BCUT2D eigenvalue weighted by Crippen LogP contribution is 2.26. The number of benzene rings is 2. The van der Waals surface area contributed by atoms with E-state index in [2.05, 4.69) is 58.2 Å². The number of anilines is 2. The predicted octanol–water partition coefficient (Wildman–Crippen LogP) is 4.74. The Balaban J connectivity index is 1.43. The second-order valence-electron chi connectivity index (χ2n) is 8.06. The van der Waals surface area contributed by atoms with E-state index in [9.17, 15) is 4.79 Å². The maximum Gasteiger partial charge on any atom is 0.267 e. The molecule has 31 heavy (non-hydrogen) atoms. The molecular formula is C25H30N4OS. The van der Waals surface area contributed by atoms with Gasteiger partial charge in [0.25, 0.3) is 5.91 Å². The first kappa shape index (κ1) is 21.5. The Morgan fingerprint density at radius 2 is 1.81 bits per heavy atom. The molecule has 1 fully saturated rings. The Kier molecular flexibility index (Phi) is 6.68. The van der Waals surface area contributed by atoms with E-state index in [1.165, 1.54) is 22.6 Å². The lowest BCUT2D eigenvalue weighted by Crippen LogP contribution is -2.46. The molecule has 6 heteroatoms. The topological polar surface area (TPSA) is 48.5 Å². The van der Waals surface area contributed by atoms with E-state index >= 15 is 0 Å². The molecule has 5 nitrogen and oxygen atoms in total. The van der Waals surface area contributed by atoms with Gasteiger partial charge in [-0.15, -0.1) is 11.3 Å². The number of hydrogen-bond acceptors (Lipinski definition) is 5. The molecule has 0 spiro atoms. The van der Waals surface area contributed by atoms with E-state index in [1.54, 1.807) is 0 Å². The van der Waals surface area contributed by atoms with Crippen molar-refractivity contribution in [3.8, 4) is 0 Å². The first-order valence-electron chi connectivity index (χ1n) is 10.9. The zero-order chi connectivity index (χ0) is 21.8. The van der Waals surface area contributed by atoms with E-state index in [-0.39, 0.29) is 5.91 Å². The summed E-state index contributed by atoms with van der Waals surface area (Å²) < 4.78 is 0. The maximum atomic E-state index is 13.0. The SMILES string of the molecule is CCN1CCN(c2ccc(NC(=O)c3sc(Cc4ccccc4)nc3C)c(C)c2)CC1. The molecule has 1 aromatic heterocycles. The fourth-order valence-electron chi connectivity index (χ4n) is 4.00. The summed E-state index contributed by atoms with van der Waals surface area (Å²) >= 11 is 1.48. The number of rotatable bonds is 6. The van der Waals surface area contributed by atoms with Gasteiger partial charge in [-0.2, -0.15) is 0 Å². The van der Waals surface area contributed by atoms with Crippen molar-refractivity contribution < 1.29 is 4.79 Å². The Morgan fingerprint density at radius 3 is 2.48 bits per heavy atom. The zero-order valence-corrected chi connectivity index (χ0v) is 19.3. The van der Waals surface area contributed by atoms with Crippen LogP contribution in [0.1, 0.15) is 38.4 Å². The van der Waals surface area contributed by atoms with Crippen LogP contribution >= 0.6 is 11.3 Å². The first-order valence-corrected chi connectivity index (χ1v) is 11.7. The molecule has 2 heterocycles. The first-order chi connectivity index (χ1) is 15.0. The van der Waals surface area contributed by atoms with Crippen molar-refractivity contribution in [3.05, 3.63) is 75.2 Å². The minimum absolute atomic E-state index is 0.0817. The number of likely N-dealkylation sites (N-methyl/N-ethyl adjacent to an activating group) is 1. The quantitative estimate of drug-likeness (QED) is 0.609. The van der Waals surface area contributed by atoms with Crippen LogP contribution in [-0.4, -0.2) is 48.5 Å². The minimum Gasteiger partial charge on any atom is -0.369 e. The van der Waals surface area contributed by atoms with Crippen LogP contribution in [0.4, 0.5) is 11.4 Å². The van der Waals surface area contributed by atoms with E-state index < -0.39 is 0 Å². The highest BCUT2D eigenvalue weighted by atomic mass is 32.1. The summed E-state index contributed by atoms with van der Waals surface area (Å²) in [7, 11) is 0. The van der Waals surface area contributed by atoms with Crippen molar-refractivity contribution in [1.82, 2.24) is 9.88 Å². The Bertz CT molecular complexity index is 1040. The number of amides is 1. The van der Waals surface area contributed by atoms with Gasteiger partial charge in [-0.25, -0.2) is 4.98 Å². The second-order valence-corrected chi connectivity index (χ2v) is 9.14. The lowest BCUT2D eigenvalue weighted by Gasteiger charge is -2.35.